The molecule has 2 aromatic heterocycles. The lowest BCUT2D eigenvalue weighted by atomic mass is 10.2. The van der Waals surface area contributed by atoms with Gasteiger partial charge in [0.15, 0.2) is 0 Å². The van der Waals surface area contributed by atoms with Crippen LogP contribution in [-0.2, 0) is 25.7 Å². The lowest BCUT2D eigenvalue weighted by Crippen LogP contribution is -2.43. The summed E-state index contributed by atoms with van der Waals surface area (Å²) in [5.74, 6) is -0.301. The summed E-state index contributed by atoms with van der Waals surface area (Å²) < 4.78 is 11.5. The van der Waals surface area contributed by atoms with Crippen molar-refractivity contribution in [3.63, 3.8) is 0 Å². The van der Waals surface area contributed by atoms with Crippen molar-refractivity contribution in [1.29, 1.82) is 0 Å². The molecule has 2 amide bonds. The third-order valence-electron chi connectivity index (χ3n) is 7.54. The van der Waals surface area contributed by atoms with Crippen LogP contribution >= 0.6 is 0 Å². The number of hydrogen-bond donors (Lipinski definition) is 5. The van der Waals surface area contributed by atoms with Gasteiger partial charge >= 0.3 is 12.1 Å². The molecule has 1 aliphatic rings. The molecule has 4 aromatic rings. The molecule has 3 atom stereocenters. The summed E-state index contributed by atoms with van der Waals surface area (Å²) in [6.07, 6.45) is 1.27. The highest BCUT2D eigenvalue weighted by atomic mass is 16.6. The number of anilines is 2. The van der Waals surface area contributed by atoms with E-state index in [1.54, 1.807) is 11.1 Å². The molecule has 1 fully saturated rings. The fourth-order valence-electron chi connectivity index (χ4n) is 5.16. The average molecular weight is 601 g/mol. The molecule has 0 saturated carbocycles. The summed E-state index contributed by atoms with van der Waals surface area (Å²) in [5.41, 5.74) is 2.65. The molecule has 0 radical (unpaired) electrons. The predicted molar refractivity (Wildman–Crippen MR) is 165 cm³/mol. The van der Waals surface area contributed by atoms with Crippen LogP contribution in [0.3, 0.4) is 0 Å². The molecular weight excluding hydrogens is 564 g/mol. The normalized spacial score (nSPS) is 16.8. The number of amides is 2. The number of aryl methyl sites for hydroxylation is 1. The molecule has 3 heterocycles. The molecule has 1 aliphatic heterocycles. The number of carboxylic acid groups (broad SMARTS) is 1. The number of hydrogen-bond acceptors (Lipinski definition) is 8. The van der Waals surface area contributed by atoms with Crippen LogP contribution in [0.25, 0.3) is 10.9 Å². The number of aliphatic carboxylic acids is 1. The van der Waals surface area contributed by atoms with E-state index in [0.717, 1.165) is 22.0 Å². The molecule has 0 spiro atoms. The summed E-state index contributed by atoms with van der Waals surface area (Å²) in [4.78, 5) is 46.7. The summed E-state index contributed by atoms with van der Waals surface area (Å²) in [7, 11) is 0. The number of carbonyl (C=O) groups is 3. The first-order chi connectivity index (χ1) is 21.4. The van der Waals surface area contributed by atoms with Gasteiger partial charge in [0.25, 0.3) is 0 Å². The fraction of sp³-hybridized carbons (Fsp3) is 0.312. The molecule has 12 heteroatoms. The molecule has 44 heavy (non-hydrogen) atoms. The summed E-state index contributed by atoms with van der Waals surface area (Å²) in [5, 5.41) is 19.6. The number of aromatic amines is 1. The number of carbonyl (C=O) groups excluding carboxylic acids is 2. The van der Waals surface area contributed by atoms with Gasteiger partial charge in [-0.1, -0.05) is 54.6 Å². The van der Waals surface area contributed by atoms with Crippen molar-refractivity contribution in [2.24, 2.45) is 0 Å². The van der Waals surface area contributed by atoms with Crippen molar-refractivity contribution in [3.8, 4) is 0 Å². The van der Waals surface area contributed by atoms with E-state index in [9.17, 15) is 19.5 Å². The van der Waals surface area contributed by atoms with Crippen molar-refractivity contribution in [3.05, 3.63) is 90.1 Å². The first-order valence-electron chi connectivity index (χ1n) is 14.4. The molecule has 3 unspecified atom stereocenters. The van der Waals surface area contributed by atoms with Crippen LogP contribution < -0.4 is 16.0 Å². The van der Waals surface area contributed by atoms with E-state index in [1.165, 1.54) is 0 Å². The minimum Gasteiger partial charge on any atom is -0.480 e. The lowest BCUT2D eigenvalue weighted by molar-refractivity contribution is -0.138. The van der Waals surface area contributed by atoms with Crippen molar-refractivity contribution in [1.82, 2.24) is 20.2 Å². The number of H-pyrrole nitrogens is 1. The van der Waals surface area contributed by atoms with Gasteiger partial charge in [0.2, 0.25) is 5.91 Å². The van der Waals surface area contributed by atoms with E-state index in [4.69, 9.17) is 9.47 Å². The van der Waals surface area contributed by atoms with E-state index in [2.05, 4.69) is 25.9 Å². The zero-order valence-corrected chi connectivity index (χ0v) is 24.4. The van der Waals surface area contributed by atoms with Crippen LogP contribution in [-0.4, -0.2) is 82.4 Å². The quantitative estimate of drug-likeness (QED) is 0.154. The van der Waals surface area contributed by atoms with Crippen LogP contribution in [0.4, 0.5) is 16.4 Å². The van der Waals surface area contributed by atoms with Crippen LogP contribution in [0.15, 0.2) is 79.0 Å². The van der Waals surface area contributed by atoms with E-state index in [0.29, 0.717) is 24.6 Å². The van der Waals surface area contributed by atoms with E-state index >= 15 is 0 Å². The van der Waals surface area contributed by atoms with Gasteiger partial charge in [0.1, 0.15) is 30.9 Å². The summed E-state index contributed by atoms with van der Waals surface area (Å²) in [6, 6.07) is 21.3. The van der Waals surface area contributed by atoms with Gasteiger partial charge < -0.3 is 40.4 Å². The Kier molecular flexibility index (Phi) is 9.92. The Morgan fingerprint density at radius 3 is 2.59 bits per heavy atom. The predicted octanol–water partition coefficient (Wildman–Crippen LogP) is 3.76. The second kappa shape index (κ2) is 14.4. The molecule has 12 nitrogen and oxygen atoms in total. The van der Waals surface area contributed by atoms with Gasteiger partial charge in [0.05, 0.1) is 18.7 Å². The van der Waals surface area contributed by atoms with E-state index in [-0.39, 0.29) is 32.3 Å². The van der Waals surface area contributed by atoms with Gasteiger partial charge in [0, 0.05) is 30.2 Å². The molecule has 0 aliphatic carbocycles. The minimum atomic E-state index is -1.10. The Hall–Kier alpha value is -5.10. The number of aromatic nitrogens is 2. The largest absolute Gasteiger partial charge is 0.480 e. The number of fused-ring (bicyclic) bond motifs is 1. The number of rotatable bonds is 13. The zero-order valence-electron chi connectivity index (χ0n) is 24.4. The molecule has 1 saturated heterocycles. The lowest BCUT2D eigenvalue weighted by Gasteiger charge is -2.24. The van der Waals surface area contributed by atoms with Gasteiger partial charge in [-0.3, -0.25) is 4.79 Å². The number of likely N-dealkylation sites (tertiary alicyclic amines) is 1. The van der Waals surface area contributed by atoms with E-state index < -0.39 is 30.1 Å². The first kappa shape index (κ1) is 30.4. The van der Waals surface area contributed by atoms with Gasteiger partial charge in [-0.05, 0) is 42.7 Å². The number of benzene rings is 2. The third kappa shape index (κ3) is 7.84. The average Bonchev–Trinajstić information content (AvgIpc) is 3.61. The molecular formula is C32H36N6O6. The molecule has 5 N–H and O–H groups in total. The Morgan fingerprint density at radius 1 is 1.07 bits per heavy atom. The SMILES string of the molecule is Cc1c(NC(CNC(=O)COC2CC(CNc3ccccn3)N(C(=O)OCc3ccccc3)C2)C(=O)O)[nH]c2ccccc12. The standard InChI is InChI=1S/C32H36N6O6/c1-21-25-11-5-6-12-26(25)36-30(21)37-27(31(40)41)17-35-29(39)20-43-24-15-23(16-34-28-13-7-8-14-33-28)38(18-24)32(42)44-19-22-9-3-2-4-10-22/h2-14,23-24,27,36-37H,15-20H2,1H3,(H,33,34)(H,35,39)(H,40,41). The number of pyridine rings is 1. The highest BCUT2D eigenvalue weighted by Crippen LogP contribution is 2.26. The zero-order chi connectivity index (χ0) is 30.9. The van der Waals surface area contributed by atoms with Gasteiger partial charge in [-0.15, -0.1) is 0 Å². The summed E-state index contributed by atoms with van der Waals surface area (Å²) >= 11 is 0. The number of nitrogens with one attached hydrogen (secondary N) is 4. The van der Waals surface area contributed by atoms with Crippen LogP contribution in [0.1, 0.15) is 17.5 Å². The topological polar surface area (TPSA) is 158 Å². The van der Waals surface area contributed by atoms with Crippen molar-refractivity contribution in [2.75, 3.05) is 36.9 Å². The van der Waals surface area contributed by atoms with Crippen molar-refractivity contribution < 1.29 is 29.0 Å². The Morgan fingerprint density at radius 2 is 1.84 bits per heavy atom. The molecule has 0 bridgehead atoms. The number of nitrogens with zero attached hydrogens (tertiary/aromatic N) is 2. The Balaban J connectivity index is 1.14. The summed E-state index contributed by atoms with van der Waals surface area (Å²) in [6.45, 7) is 2.27. The Bertz CT molecular complexity index is 1560. The highest BCUT2D eigenvalue weighted by molar-refractivity contribution is 5.90. The highest BCUT2D eigenvalue weighted by Gasteiger charge is 2.37. The maximum Gasteiger partial charge on any atom is 0.410 e. The fourth-order valence-corrected chi connectivity index (χ4v) is 5.16. The third-order valence-corrected chi connectivity index (χ3v) is 7.54. The smallest absolute Gasteiger partial charge is 0.410 e. The van der Waals surface area contributed by atoms with Gasteiger partial charge in [-0.25, -0.2) is 14.6 Å². The Labute approximate surface area is 254 Å². The second-order valence-corrected chi connectivity index (χ2v) is 10.6. The second-order valence-electron chi connectivity index (χ2n) is 10.6. The number of ether oxygens (including phenoxy) is 2. The molecule has 5 rings (SSSR count). The van der Waals surface area contributed by atoms with Crippen LogP contribution in [0.5, 0.6) is 0 Å². The number of carboxylic acids is 1. The number of para-hydroxylation sites is 1. The minimum absolute atomic E-state index is 0.140. The van der Waals surface area contributed by atoms with Gasteiger partial charge in [-0.2, -0.15) is 0 Å². The van der Waals surface area contributed by atoms with Crippen LogP contribution in [0, 0.1) is 6.92 Å². The van der Waals surface area contributed by atoms with Crippen molar-refractivity contribution in [2.45, 2.75) is 38.1 Å². The van der Waals surface area contributed by atoms with Crippen LogP contribution in [0.2, 0.25) is 0 Å². The monoisotopic (exact) mass is 600 g/mol. The first-order valence-corrected chi connectivity index (χ1v) is 14.4. The maximum absolute atomic E-state index is 13.1. The molecule has 230 valence electrons. The molecule has 2 aromatic carbocycles. The van der Waals surface area contributed by atoms with E-state index in [1.807, 2.05) is 79.7 Å². The maximum atomic E-state index is 13.1. The van der Waals surface area contributed by atoms with Crippen molar-refractivity contribution >= 4 is 40.5 Å².